The molecule has 0 unspecified atom stereocenters. The second-order valence-electron chi connectivity index (χ2n) is 4.68. The quantitative estimate of drug-likeness (QED) is 0.413. The van der Waals surface area contributed by atoms with Gasteiger partial charge < -0.3 is 15.2 Å². The first kappa shape index (κ1) is 15.6. The number of ether oxygens (including phenoxy) is 1. The molecular formula is C12H21NO4. The number of hydrogen-bond acceptors (Lipinski definition) is 5. The molecule has 17 heavy (non-hydrogen) atoms. The molecule has 0 atom stereocenters. The van der Waals surface area contributed by atoms with Gasteiger partial charge in [0.2, 0.25) is 0 Å². The topological polar surface area (TPSA) is 75.6 Å². The summed E-state index contributed by atoms with van der Waals surface area (Å²) in [6.07, 6.45) is 2.33. The highest BCUT2D eigenvalue weighted by Crippen LogP contribution is 2.04. The monoisotopic (exact) mass is 243 g/mol. The van der Waals surface area contributed by atoms with E-state index in [2.05, 4.69) is 10.1 Å². The first-order valence-corrected chi connectivity index (χ1v) is 5.59. The number of rotatable bonds is 1. The van der Waals surface area contributed by atoms with Crippen molar-refractivity contribution in [3.05, 3.63) is 11.8 Å². The van der Waals surface area contributed by atoms with Crippen molar-refractivity contribution in [2.75, 3.05) is 13.1 Å². The van der Waals surface area contributed by atoms with Crippen LogP contribution in [0.15, 0.2) is 11.8 Å². The molecule has 0 amide bonds. The molecule has 0 aliphatic carbocycles. The van der Waals surface area contributed by atoms with Crippen molar-refractivity contribution in [3.8, 4) is 0 Å². The minimum absolute atomic E-state index is 0.0625. The molecule has 1 rings (SSSR count). The van der Waals surface area contributed by atoms with Crippen LogP contribution in [0.1, 0.15) is 33.6 Å². The average Bonchev–Trinajstić information content (AvgIpc) is 2.41. The highest BCUT2D eigenvalue weighted by molar-refractivity contribution is 5.95. The zero-order valence-corrected chi connectivity index (χ0v) is 10.7. The summed E-state index contributed by atoms with van der Waals surface area (Å²) in [6.45, 7) is 7.29. The van der Waals surface area contributed by atoms with Gasteiger partial charge in [-0.1, -0.05) is 0 Å². The van der Waals surface area contributed by atoms with E-state index in [1.54, 1.807) is 0 Å². The van der Waals surface area contributed by atoms with E-state index >= 15 is 0 Å². The number of aliphatic hydroxyl groups is 1. The van der Waals surface area contributed by atoms with E-state index in [4.69, 9.17) is 5.11 Å². The first-order valence-electron chi connectivity index (χ1n) is 5.59. The first-order chi connectivity index (χ1) is 7.90. The fourth-order valence-electron chi connectivity index (χ4n) is 1.12. The van der Waals surface area contributed by atoms with Crippen molar-refractivity contribution in [1.82, 2.24) is 5.32 Å². The molecule has 5 nitrogen and oxygen atoms in total. The Labute approximate surface area is 102 Å². The number of carbonyl (C=O) groups is 2. The van der Waals surface area contributed by atoms with E-state index in [0.717, 1.165) is 19.2 Å². The fraction of sp³-hybridized carbons (Fsp3) is 0.667. The summed E-state index contributed by atoms with van der Waals surface area (Å²) in [7, 11) is 0. The molecule has 0 bridgehead atoms. The molecule has 0 aromatic rings. The van der Waals surface area contributed by atoms with E-state index in [0.29, 0.717) is 25.0 Å². The maximum atomic E-state index is 11.0. The molecule has 0 aromatic heterocycles. The van der Waals surface area contributed by atoms with Gasteiger partial charge >= 0.3 is 0 Å². The molecule has 0 spiro atoms. The Hall–Kier alpha value is -1.36. The maximum absolute atomic E-state index is 11.0. The van der Waals surface area contributed by atoms with Gasteiger partial charge in [-0.25, -0.2) is 0 Å². The van der Waals surface area contributed by atoms with Crippen molar-refractivity contribution < 1.29 is 19.4 Å². The highest BCUT2D eigenvalue weighted by Gasteiger charge is 2.12. The van der Waals surface area contributed by atoms with Crippen molar-refractivity contribution in [3.63, 3.8) is 0 Å². The summed E-state index contributed by atoms with van der Waals surface area (Å²) in [6, 6.07) is 0. The third-order valence-corrected chi connectivity index (χ3v) is 1.99. The molecule has 5 heteroatoms. The number of aliphatic hydroxyl groups excluding tert-OH is 1. The van der Waals surface area contributed by atoms with Crippen molar-refractivity contribution >= 4 is 12.3 Å². The second kappa shape index (κ2) is 7.84. The van der Waals surface area contributed by atoms with Crippen molar-refractivity contribution in [2.24, 2.45) is 0 Å². The van der Waals surface area contributed by atoms with Gasteiger partial charge in [-0.3, -0.25) is 9.59 Å². The van der Waals surface area contributed by atoms with Gasteiger partial charge in [0.05, 0.1) is 6.26 Å². The Morgan fingerprint density at radius 1 is 1.41 bits per heavy atom. The Balaban J connectivity index is 0.000000325. The molecule has 1 aliphatic heterocycles. The molecular weight excluding hydrogens is 222 g/mol. The van der Waals surface area contributed by atoms with Crippen LogP contribution in [-0.4, -0.2) is 36.1 Å². The summed E-state index contributed by atoms with van der Waals surface area (Å²) in [5, 5.41) is 11.6. The molecule has 1 heterocycles. The third kappa shape index (κ3) is 8.45. The van der Waals surface area contributed by atoms with Crippen LogP contribution < -0.4 is 5.32 Å². The molecule has 1 fully saturated rings. The lowest BCUT2D eigenvalue weighted by Gasteiger charge is -2.14. The summed E-state index contributed by atoms with van der Waals surface area (Å²) in [5.74, 6) is 0.0625. The van der Waals surface area contributed by atoms with Gasteiger partial charge in [0.1, 0.15) is 5.60 Å². The highest BCUT2D eigenvalue weighted by atomic mass is 16.5. The second-order valence-corrected chi connectivity index (χ2v) is 4.68. The molecule has 1 saturated heterocycles. The Bertz CT molecular complexity index is 279. The lowest BCUT2D eigenvalue weighted by Crippen LogP contribution is -2.17. The van der Waals surface area contributed by atoms with E-state index in [1.165, 1.54) is 0 Å². The number of Topliss-reactive ketones (excluding diaryl/α,β-unsaturated/α-hetero) is 1. The molecule has 1 aliphatic rings. The average molecular weight is 243 g/mol. The van der Waals surface area contributed by atoms with Crippen LogP contribution in [0.25, 0.3) is 0 Å². The molecule has 0 radical (unpaired) electrons. The number of ketones is 1. The van der Waals surface area contributed by atoms with Crippen LogP contribution in [0.4, 0.5) is 0 Å². The van der Waals surface area contributed by atoms with E-state index < -0.39 is 0 Å². The molecule has 2 N–H and O–H groups in total. The van der Waals surface area contributed by atoms with Crippen LogP contribution in [0.5, 0.6) is 0 Å². The zero-order valence-electron chi connectivity index (χ0n) is 10.7. The van der Waals surface area contributed by atoms with E-state index in [-0.39, 0.29) is 11.4 Å². The van der Waals surface area contributed by atoms with Crippen molar-refractivity contribution in [1.29, 1.82) is 0 Å². The van der Waals surface area contributed by atoms with Crippen LogP contribution >= 0.6 is 0 Å². The van der Waals surface area contributed by atoms with Gasteiger partial charge in [0.15, 0.2) is 5.78 Å². The smallest absolute Gasteiger partial charge is 0.293 e. The van der Waals surface area contributed by atoms with Gasteiger partial charge in [-0.2, -0.15) is 0 Å². The van der Waals surface area contributed by atoms with Gasteiger partial charge in [-0.05, 0) is 33.7 Å². The molecule has 0 aromatic carbocycles. The number of nitrogens with one attached hydrogen (secondary N) is 1. The van der Waals surface area contributed by atoms with Gasteiger partial charge in [0, 0.05) is 18.5 Å². The number of carbonyl (C=O) groups excluding carboxylic acids is 2. The fourth-order valence-corrected chi connectivity index (χ4v) is 1.12. The van der Waals surface area contributed by atoms with Crippen LogP contribution in [0.2, 0.25) is 0 Å². The minimum Gasteiger partial charge on any atom is -0.515 e. The molecule has 98 valence electrons. The SMILES string of the molecule is CC(C)(C)OC=O.O=C1CCCNC/C1=C\O. The van der Waals surface area contributed by atoms with Gasteiger partial charge in [0.25, 0.3) is 6.47 Å². The van der Waals surface area contributed by atoms with Crippen LogP contribution in [0.3, 0.4) is 0 Å². The largest absolute Gasteiger partial charge is 0.515 e. The third-order valence-electron chi connectivity index (χ3n) is 1.99. The Morgan fingerprint density at radius 2 is 2.06 bits per heavy atom. The summed E-state index contributed by atoms with van der Waals surface area (Å²) in [5.41, 5.74) is 0.180. The molecule has 0 saturated carbocycles. The van der Waals surface area contributed by atoms with Crippen molar-refractivity contribution in [2.45, 2.75) is 39.2 Å². The van der Waals surface area contributed by atoms with Gasteiger partial charge in [-0.15, -0.1) is 0 Å². The Morgan fingerprint density at radius 3 is 2.47 bits per heavy atom. The van der Waals surface area contributed by atoms with Crippen LogP contribution in [0, 0.1) is 0 Å². The summed E-state index contributed by atoms with van der Waals surface area (Å²) >= 11 is 0. The van der Waals surface area contributed by atoms with E-state index in [9.17, 15) is 9.59 Å². The summed E-state index contributed by atoms with van der Waals surface area (Å²) < 4.78 is 4.55. The Kier molecular flexibility index (Phi) is 7.21. The zero-order chi connectivity index (χ0) is 13.3. The predicted molar refractivity (Wildman–Crippen MR) is 64.7 cm³/mol. The predicted octanol–water partition coefficient (Wildman–Crippen LogP) is 1.34. The maximum Gasteiger partial charge on any atom is 0.293 e. The van der Waals surface area contributed by atoms with Crippen LogP contribution in [-0.2, 0) is 14.3 Å². The minimum atomic E-state index is -0.318. The number of hydrogen-bond donors (Lipinski definition) is 2. The summed E-state index contributed by atoms with van der Waals surface area (Å²) in [4.78, 5) is 20.6. The lowest BCUT2D eigenvalue weighted by atomic mass is 10.1. The van der Waals surface area contributed by atoms with E-state index in [1.807, 2.05) is 20.8 Å². The lowest BCUT2D eigenvalue weighted by molar-refractivity contribution is -0.138. The normalized spacial score (nSPS) is 19.0. The standard InChI is InChI=1S/C7H11NO2.C5H10O2/c9-5-6-4-8-3-1-2-7(6)10;1-5(2,3)7-4-6/h5,8-9H,1-4H2;4H,1-3H3/b6-5+;.